The quantitative estimate of drug-likeness (QED) is 0.175. The maximum atomic E-state index is 2.47. The normalized spacial score (nSPS) is 12.1. The molecule has 1 aliphatic carbocycles. The number of para-hydroxylation sites is 2. The van der Waals surface area contributed by atoms with Gasteiger partial charge in [-0.2, -0.15) is 0 Å². The fourth-order valence-corrected chi connectivity index (χ4v) is 9.35. The first kappa shape index (κ1) is 29.4. The summed E-state index contributed by atoms with van der Waals surface area (Å²) >= 11 is 0. The van der Waals surface area contributed by atoms with Crippen molar-refractivity contribution in [3.8, 4) is 55.9 Å². The van der Waals surface area contributed by atoms with Crippen molar-refractivity contribution < 1.29 is 0 Å². The molecule has 54 heavy (non-hydrogen) atoms. The van der Waals surface area contributed by atoms with Crippen LogP contribution in [-0.2, 0) is 0 Å². The lowest BCUT2D eigenvalue weighted by Gasteiger charge is -2.16. The third kappa shape index (κ3) is 4.05. The zero-order valence-electron chi connectivity index (χ0n) is 29.4. The summed E-state index contributed by atoms with van der Waals surface area (Å²) in [4.78, 5) is 0. The first-order valence-electron chi connectivity index (χ1n) is 18.7. The van der Waals surface area contributed by atoms with Crippen LogP contribution < -0.4 is 0 Å². The van der Waals surface area contributed by atoms with E-state index >= 15 is 0 Å². The molecular formula is C52H32N2. The van der Waals surface area contributed by atoms with Gasteiger partial charge in [0.25, 0.3) is 0 Å². The number of hydrogen-bond donors (Lipinski definition) is 0. The van der Waals surface area contributed by atoms with Gasteiger partial charge in [-0.3, -0.25) is 0 Å². The highest BCUT2D eigenvalue weighted by molar-refractivity contribution is 6.31. The highest BCUT2D eigenvalue weighted by Gasteiger charge is 2.25. The number of hydrogen-bond acceptors (Lipinski definition) is 0. The third-order valence-electron chi connectivity index (χ3n) is 11.7. The molecule has 0 N–H and O–H groups in total. The van der Waals surface area contributed by atoms with Crippen molar-refractivity contribution in [3.05, 3.63) is 194 Å². The molecule has 0 bridgehead atoms. The fourth-order valence-electron chi connectivity index (χ4n) is 9.35. The molecule has 11 aromatic rings. The highest BCUT2D eigenvalue weighted by atomic mass is 15.0. The average Bonchev–Trinajstić information content (AvgIpc) is 3.73. The summed E-state index contributed by atoms with van der Waals surface area (Å²) in [6.07, 6.45) is 0. The van der Waals surface area contributed by atoms with E-state index in [9.17, 15) is 0 Å². The monoisotopic (exact) mass is 684 g/mol. The zero-order valence-corrected chi connectivity index (χ0v) is 29.4. The molecule has 0 unspecified atom stereocenters. The number of rotatable bonds is 4. The van der Waals surface area contributed by atoms with E-state index in [1.165, 1.54) is 105 Å². The van der Waals surface area contributed by atoms with Gasteiger partial charge >= 0.3 is 0 Å². The zero-order chi connectivity index (χ0) is 35.3. The van der Waals surface area contributed by atoms with Gasteiger partial charge < -0.3 is 9.13 Å². The number of aromatic nitrogens is 2. The van der Waals surface area contributed by atoms with Crippen molar-refractivity contribution in [2.45, 2.75) is 0 Å². The molecule has 0 fully saturated rings. The van der Waals surface area contributed by atoms with Gasteiger partial charge in [-0.05, 0) is 98.4 Å². The van der Waals surface area contributed by atoms with Gasteiger partial charge in [0.15, 0.2) is 0 Å². The van der Waals surface area contributed by atoms with Crippen molar-refractivity contribution in [1.29, 1.82) is 0 Å². The van der Waals surface area contributed by atoms with Crippen LogP contribution in [0.1, 0.15) is 0 Å². The van der Waals surface area contributed by atoms with E-state index in [1.807, 2.05) is 0 Å². The molecule has 0 radical (unpaired) electrons. The molecule has 0 atom stereocenters. The maximum absolute atomic E-state index is 2.47. The second-order valence-electron chi connectivity index (χ2n) is 14.5. The van der Waals surface area contributed by atoms with Crippen LogP contribution in [0, 0.1) is 0 Å². The van der Waals surface area contributed by atoms with Gasteiger partial charge in [-0.1, -0.05) is 146 Å². The van der Waals surface area contributed by atoms with Gasteiger partial charge in [0.2, 0.25) is 0 Å². The van der Waals surface area contributed by atoms with Crippen molar-refractivity contribution in [1.82, 2.24) is 9.13 Å². The first-order chi connectivity index (χ1) is 26.8. The lowest BCUT2D eigenvalue weighted by Crippen LogP contribution is -1.95. The van der Waals surface area contributed by atoms with Gasteiger partial charge in [0, 0.05) is 38.3 Å². The summed E-state index contributed by atoms with van der Waals surface area (Å²) in [5.41, 5.74) is 17.3. The molecule has 0 saturated carbocycles. The predicted octanol–water partition coefficient (Wildman–Crippen LogP) is 14.0. The Morgan fingerprint density at radius 2 is 0.704 bits per heavy atom. The Labute approximate surface area is 312 Å². The number of fused-ring (bicyclic) bond motifs is 6. The third-order valence-corrected chi connectivity index (χ3v) is 11.7. The smallest absolute Gasteiger partial charge is 0.0548 e. The molecule has 1 aliphatic rings. The summed E-state index contributed by atoms with van der Waals surface area (Å²) in [5.74, 6) is 0. The Kier molecular flexibility index (Phi) is 6.09. The minimum Gasteiger partial charge on any atom is -0.309 e. The van der Waals surface area contributed by atoms with E-state index in [2.05, 4.69) is 203 Å². The first-order valence-corrected chi connectivity index (χ1v) is 18.7. The van der Waals surface area contributed by atoms with Crippen LogP contribution in [0.25, 0.3) is 110 Å². The van der Waals surface area contributed by atoms with Crippen LogP contribution in [-0.4, -0.2) is 9.13 Å². The van der Waals surface area contributed by atoms with Crippen LogP contribution in [0.2, 0.25) is 0 Å². The molecule has 250 valence electrons. The molecular weight excluding hydrogens is 653 g/mol. The van der Waals surface area contributed by atoms with Crippen molar-refractivity contribution >= 4 is 54.4 Å². The van der Waals surface area contributed by atoms with Crippen LogP contribution >= 0.6 is 0 Å². The predicted molar refractivity (Wildman–Crippen MR) is 228 cm³/mol. The van der Waals surface area contributed by atoms with Gasteiger partial charge in [-0.25, -0.2) is 0 Å². The molecule has 2 nitrogen and oxygen atoms in total. The molecule has 2 aromatic heterocycles. The van der Waals surface area contributed by atoms with Crippen molar-refractivity contribution in [2.24, 2.45) is 0 Å². The van der Waals surface area contributed by atoms with Gasteiger partial charge in [0.1, 0.15) is 0 Å². The summed E-state index contributed by atoms with van der Waals surface area (Å²) < 4.78 is 4.84. The largest absolute Gasteiger partial charge is 0.309 e. The standard InChI is InChI=1S/C52H32N2/c1-2-11-35(12-3-1)38-29-30-45-40-14-5-4-13-39(40)43-17-10-20-48-51(43)52-49(32-31-44(38)50(45)52)54(48)37-27-23-34(24-28-37)33-21-25-36(26-22-33)53-46-18-8-6-15-41(46)42-16-7-9-19-47(42)53/h1-32H. The Morgan fingerprint density at radius 1 is 0.222 bits per heavy atom. The molecule has 0 saturated heterocycles. The van der Waals surface area contributed by atoms with Crippen LogP contribution in [0.3, 0.4) is 0 Å². The minimum absolute atomic E-state index is 1.16. The van der Waals surface area contributed by atoms with Crippen LogP contribution in [0.5, 0.6) is 0 Å². The SMILES string of the molecule is c1ccc(-c2ccc3c4c2ccc2c4c4c(cccc4n2-c2ccc(-c4ccc(-n5c6ccccc6c6ccccc65)cc4)cc2)-c2ccccc2-3)cc1. The van der Waals surface area contributed by atoms with Crippen molar-refractivity contribution in [3.63, 3.8) is 0 Å². The maximum Gasteiger partial charge on any atom is 0.0548 e. The topological polar surface area (TPSA) is 9.86 Å². The molecule has 2 heteroatoms. The minimum atomic E-state index is 1.16. The van der Waals surface area contributed by atoms with Crippen molar-refractivity contribution in [2.75, 3.05) is 0 Å². The van der Waals surface area contributed by atoms with E-state index in [-0.39, 0.29) is 0 Å². The number of benzene rings is 9. The van der Waals surface area contributed by atoms with Crippen LogP contribution in [0.4, 0.5) is 0 Å². The van der Waals surface area contributed by atoms with E-state index < -0.39 is 0 Å². The average molecular weight is 685 g/mol. The molecule has 9 aromatic carbocycles. The Hall–Kier alpha value is -7.16. The van der Waals surface area contributed by atoms with Crippen LogP contribution in [0.15, 0.2) is 194 Å². The number of nitrogens with zero attached hydrogens (tertiary/aromatic N) is 2. The summed E-state index contributed by atoms with van der Waals surface area (Å²) in [7, 11) is 0. The fraction of sp³-hybridized carbons (Fsp3) is 0. The molecule has 0 amide bonds. The molecule has 2 heterocycles. The second-order valence-corrected chi connectivity index (χ2v) is 14.5. The summed E-state index contributed by atoms with van der Waals surface area (Å²) in [5, 5.41) is 7.82. The van der Waals surface area contributed by atoms with E-state index in [0.717, 1.165) is 5.69 Å². The second kappa shape index (κ2) is 11.2. The molecule has 0 aliphatic heterocycles. The molecule has 0 spiro atoms. The summed E-state index contributed by atoms with van der Waals surface area (Å²) in [6, 6.07) is 71.4. The van der Waals surface area contributed by atoms with Gasteiger partial charge in [-0.15, -0.1) is 0 Å². The lowest BCUT2D eigenvalue weighted by molar-refractivity contribution is 1.18. The van der Waals surface area contributed by atoms with E-state index in [4.69, 9.17) is 0 Å². The van der Waals surface area contributed by atoms with E-state index in [0.29, 0.717) is 0 Å². The summed E-state index contributed by atoms with van der Waals surface area (Å²) in [6.45, 7) is 0. The Bertz CT molecular complexity index is 3240. The molecule has 12 rings (SSSR count). The Balaban J connectivity index is 1.02. The van der Waals surface area contributed by atoms with E-state index in [1.54, 1.807) is 0 Å². The van der Waals surface area contributed by atoms with Gasteiger partial charge in [0.05, 0.1) is 22.1 Å². The lowest BCUT2D eigenvalue weighted by atomic mass is 9.90. The highest BCUT2D eigenvalue weighted by Crippen LogP contribution is 2.51. The Morgan fingerprint density at radius 3 is 1.35 bits per heavy atom.